The van der Waals surface area contributed by atoms with E-state index in [0.29, 0.717) is 11.5 Å². The van der Waals surface area contributed by atoms with Gasteiger partial charge in [0.1, 0.15) is 0 Å². The normalized spacial score (nSPS) is 13.7. The molecule has 0 aromatic rings. The first-order chi connectivity index (χ1) is 17.7. The van der Waals surface area contributed by atoms with Gasteiger partial charge in [0.05, 0.1) is 17.6 Å². The average molecular weight is 615 g/mol. The highest BCUT2D eigenvalue weighted by Gasteiger charge is 2.23. The molecule has 0 aromatic heterocycles. The predicted octanol–water partition coefficient (Wildman–Crippen LogP) is 10.8. The van der Waals surface area contributed by atoms with Crippen LogP contribution in [0.15, 0.2) is 0 Å². The lowest BCUT2D eigenvalue weighted by Crippen LogP contribution is -2.33. The van der Waals surface area contributed by atoms with Gasteiger partial charge in [-0.1, -0.05) is 126 Å². The Balaban J connectivity index is 4.14. The first-order valence-electron chi connectivity index (χ1n) is 15.5. The van der Waals surface area contributed by atoms with E-state index in [-0.39, 0.29) is 0 Å². The van der Waals surface area contributed by atoms with Crippen LogP contribution in [0.4, 0.5) is 0 Å². The van der Waals surface area contributed by atoms with Crippen molar-refractivity contribution in [2.24, 2.45) is 0 Å². The molecule has 2 atom stereocenters. The van der Waals surface area contributed by atoms with E-state index in [9.17, 15) is 0 Å². The summed E-state index contributed by atoms with van der Waals surface area (Å²) in [4.78, 5) is 0. The molecule has 0 fully saturated rings. The maximum atomic E-state index is 6.45. The van der Waals surface area contributed by atoms with E-state index in [1.807, 2.05) is 19.7 Å². The summed E-state index contributed by atoms with van der Waals surface area (Å²) in [6.07, 6.45) is 15.5. The van der Waals surface area contributed by atoms with Gasteiger partial charge in [-0.25, -0.2) is 0 Å². The Morgan fingerprint density at radius 3 is 1.17 bits per heavy atom. The average Bonchev–Trinajstić information content (AvgIpc) is 2.87. The van der Waals surface area contributed by atoms with E-state index in [1.165, 1.54) is 113 Å². The lowest BCUT2D eigenvalue weighted by Gasteiger charge is -2.26. The molecule has 0 saturated heterocycles. The van der Waals surface area contributed by atoms with Gasteiger partial charge in [-0.05, 0) is 58.2 Å². The third kappa shape index (κ3) is 21.6. The second-order valence-corrected chi connectivity index (χ2v) is 23.3. The Morgan fingerprint density at radius 2 is 0.861 bits per heavy atom. The standard InChI is InChI=1S/C28H62O2S4Si2/c1-7-13-19-29-27(35(23-9-3)24-10-4)17-15-21-31-33-34-32-22-16-18-28(30-20-14-8-2)36(25-11-5)26-12-6/h27-28,35-36H,7-26H2,1-6H3. The van der Waals surface area contributed by atoms with Crippen LogP contribution in [-0.2, 0) is 9.47 Å². The fourth-order valence-corrected chi connectivity index (χ4v) is 18.4. The monoisotopic (exact) mass is 614 g/mol. The number of ether oxygens (including phenoxy) is 2. The topological polar surface area (TPSA) is 18.5 Å². The zero-order chi connectivity index (χ0) is 26.7. The van der Waals surface area contributed by atoms with Crippen LogP contribution in [0, 0.1) is 0 Å². The van der Waals surface area contributed by atoms with Gasteiger partial charge in [0.2, 0.25) is 0 Å². The van der Waals surface area contributed by atoms with Gasteiger partial charge in [0.15, 0.2) is 0 Å². The molecule has 0 N–H and O–H groups in total. The molecule has 2 unspecified atom stereocenters. The van der Waals surface area contributed by atoms with Crippen LogP contribution >= 0.6 is 41.2 Å². The molecule has 0 rings (SSSR count). The Bertz CT molecular complexity index is 388. The smallest absolute Gasteiger partial charge is 0.0716 e. The van der Waals surface area contributed by atoms with Gasteiger partial charge < -0.3 is 9.47 Å². The van der Waals surface area contributed by atoms with E-state index in [0.717, 1.165) is 13.2 Å². The summed E-state index contributed by atoms with van der Waals surface area (Å²) >= 11 is 0. The van der Waals surface area contributed by atoms with Crippen molar-refractivity contribution in [3.63, 3.8) is 0 Å². The molecule has 0 radical (unpaired) electrons. The summed E-state index contributed by atoms with van der Waals surface area (Å²) in [6.45, 7) is 15.9. The van der Waals surface area contributed by atoms with Gasteiger partial charge in [0, 0.05) is 36.2 Å². The molecule has 0 heterocycles. The summed E-state index contributed by atoms with van der Waals surface area (Å²) in [7, 11) is 6.59. The van der Waals surface area contributed by atoms with Gasteiger partial charge in [-0.3, -0.25) is 0 Å². The first-order valence-corrected chi connectivity index (χ1v) is 25.2. The Morgan fingerprint density at radius 1 is 0.500 bits per heavy atom. The van der Waals surface area contributed by atoms with Crippen molar-refractivity contribution in [2.75, 3.05) is 24.7 Å². The van der Waals surface area contributed by atoms with Crippen molar-refractivity contribution in [1.29, 1.82) is 0 Å². The summed E-state index contributed by atoms with van der Waals surface area (Å²) in [5.74, 6) is 2.53. The summed E-state index contributed by atoms with van der Waals surface area (Å²) in [6, 6.07) is 5.85. The van der Waals surface area contributed by atoms with Crippen LogP contribution < -0.4 is 0 Å². The van der Waals surface area contributed by atoms with Gasteiger partial charge >= 0.3 is 0 Å². The fraction of sp³-hybridized carbons (Fsp3) is 1.00. The molecule has 0 amide bonds. The highest BCUT2D eigenvalue weighted by atomic mass is 33.7. The van der Waals surface area contributed by atoms with Crippen molar-refractivity contribution in [1.82, 2.24) is 0 Å². The molecule has 0 aliphatic rings. The Kier molecular flexibility index (Phi) is 31.2. The first kappa shape index (κ1) is 37.8. The minimum atomic E-state index is -0.760. The molecule has 8 heteroatoms. The quantitative estimate of drug-likeness (QED) is 0.0470. The maximum absolute atomic E-state index is 6.45. The predicted molar refractivity (Wildman–Crippen MR) is 183 cm³/mol. The molecule has 2 nitrogen and oxygen atoms in total. The van der Waals surface area contributed by atoms with E-state index >= 15 is 0 Å². The Hall–Kier alpha value is 1.75. The van der Waals surface area contributed by atoms with Crippen LogP contribution in [0.1, 0.15) is 119 Å². The van der Waals surface area contributed by atoms with Crippen molar-refractivity contribution in [3.05, 3.63) is 0 Å². The van der Waals surface area contributed by atoms with Gasteiger partial charge in [0.25, 0.3) is 0 Å². The molecule has 0 bridgehead atoms. The van der Waals surface area contributed by atoms with Crippen LogP contribution in [0.2, 0.25) is 24.2 Å². The van der Waals surface area contributed by atoms with E-state index in [4.69, 9.17) is 9.47 Å². The highest BCUT2D eigenvalue weighted by molar-refractivity contribution is 9.26. The van der Waals surface area contributed by atoms with Crippen LogP contribution in [0.25, 0.3) is 0 Å². The minimum Gasteiger partial charge on any atom is -0.382 e. The molecule has 0 spiro atoms. The van der Waals surface area contributed by atoms with Crippen molar-refractivity contribution < 1.29 is 9.47 Å². The number of rotatable bonds is 29. The fourth-order valence-electron chi connectivity index (χ4n) is 4.98. The lowest BCUT2D eigenvalue weighted by atomic mass is 10.3. The van der Waals surface area contributed by atoms with Crippen molar-refractivity contribution in [2.45, 2.75) is 154 Å². The second kappa shape index (κ2) is 29.7. The van der Waals surface area contributed by atoms with E-state index < -0.39 is 17.6 Å². The molecule has 218 valence electrons. The molecule has 0 aliphatic heterocycles. The minimum absolute atomic E-state index is 0.615. The molecule has 0 saturated carbocycles. The Labute approximate surface area is 245 Å². The third-order valence-corrected chi connectivity index (χ3v) is 22.0. The molecular weight excluding hydrogens is 553 g/mol. The van der Waals surface area contributed by atoms with Crippen LogP contribution in [-0.4, -0.2) is 53.8 Å². The summed E-state index contributed by atoms with van der Waals surface area (Å²) in [5.41, 5.74) is 1.23. The van der Waals surface area contributed by atoms with Gasteiger partial charge in [-0.15, -0.1) is 0 Å². The van der Waals surface area contributed by atoms with Crippen molar-refractivity contribution >= 4 is 58.8 Å². The number of unbranched alkanes of at least 4 members (excludes halogenated alkanes) is 2. The zero-order valence-electron chi connectivity index (χ0n) is 24.9. The zero-order valence-corrected chi connectivity index (χ0v) is 30.5. The third-order valence-electron chi connectivity index (χ3n) is 6.91. The molecular formula is C28H62O2S4Si2. The molecule has 0 aromatic carbocycles. The lowest BCUT2D eigenvalue weighted by molar-refractivity contribution is 0.0927. The van der Waals surface area contributed by atoms with Crippen LogP contribution in [0.3, 0.4) is 0 Å². The highest BCUT2D eigenvalue weighted by Crippen LogP contribution is 2.43. The van der Waals surface area contributed by atoms with E-state index in [2.05, 4.69) is 63.1 Å². The largest absolute Gasteiger partial charge is 0.382 e. The maximum Gasteiger partial charge on any atom is 0.0716 e. The van der Waals surface area contributed by atoms with E-state index in [1.54, 1.807) is 0 Å². The number of hydrogen-bond acceptors (Lipinski definition) is 6. The second-order valence-electron chi connectivity index (χ2n) is 10.3. The van der Waals surface area contributed by atoms with Crippen molar-refractivity contribution in [3.8, 4) is 0 Å². The SMILES string of the molecule is CCCCOC(CCCSSSSCCCC(OCCCC)[SiH](CCC)CCC)[SiH](CCC)CCC. The molecule has 0 aliphatic carbocycles. The number of hydrogen-bond donors (Lipinski definition) is 0. The van der Waals surface area contributed by atoms with Gasteiger partial charge in [-0.2, -0.15) is 0 Å². The summed E-state index contributed by atoms with van der Waals surface area (Å²) < 4.78 is 12.9. The summed E-state index contributed by atoms with van der Waals surface area (Å²) in [5, 5.41) is 0. The molecule has 36 heavy (non-hydrogen) atoms. The van der Waals surface area contributed by atoms with Crippen LogP contribution in [0.5, 0.6) is 0 Å².